The number of aryl methyl sites for hydroxylation is 1. The van der Waals surface area contributed by atoms with Crippen molar-refractivity contribution in [3.63, 3.8) is 0 Å². The number of halogens is 1. The minimum Gasteiger partial charge on any atom is -0.496 e. The number of nitrogens with zero attached hydrogens (tertiary/aromatic N) is 1. The van der Waals surface area contributed by atoms with E-state index in [9.17, 15) is 0 Å². The second kappa shape index (κ2) is 7.13. The van der Waals surface area contributed by atoms with E-state index in [1.165, 1.54) is 11.1 Å². The van der Waals surface area contributed by atoms with Gasteiger partial charge in [0.25, 0.3) is 0 Å². The monoisotopic (exact) mass is 282 g/mol. The molecule has 1 aliphatic rings. The first-order valence-electron chi connectivity index (χ1n) is 7.03. The summed E-state index contributed by atoms with van der Waals surface area (Å²) < 4.78 is 5.57. The Hall–Kier alpha value is -0.770. The summed E-state index contributed by atoms with van der Waals surface area (Å²) in [6, 6.07) is 4.05. The first-order valence-corrected chi connectivity index (χ1v) is 7.40. The molecule has 0 spiro atoms. The van der Waals surface area contributed by atoms with Gasteiger partial charge in [0.05, 0.1) is 7.11 Å². The lowest BCUT2D eigenvalue weighted by Gasteiger charge is -2.27. The molecular weight excluding hydrogens is 260 g/mol. The molecule has 106 valence electrons. The minimum atomic E-state index is 0.813. The van der Waals surface area contributed by atoms with Crippen LogP contribution in [0.2, 0.25) is 5.02 Å². The van der Waals surface area contributed by atoms with Crippen LogP contribution in [-0.4, -0.2) is 44.7 Å². The molecule has 0 amide bonds. The standard InChI is InChI=1S/C15H23ClN2O/c1-3-12-10-14(16)11-13(15(12)19-2)4-7-18-8-5-17-6-9-18/h10-11,17H,3-9H2,1-2H3. The van der Waals surface area contributed by atoms with Gasteiger partial charge in [0.1, 0.15) is 5.75 Å². The van der Waals surface area contributed by atoms with E-state index in [1.807, 2.05) is 12.1 Å². The number of hydrogen-bond donors (Lipinski definition) is 1. The van der Waals surface area contributed by atoms with Crippen molar-refractivity contribution in [2.45, 2.75) is 19.8 Å². The first-order chi connectivity index (χ1) is 9.24. The van der Waals surface area contributed by atoms with Crippen LogP contribution in [-0.2, 0) is 12.8 Å². The third-order valence-corrected chi connectivity index (χ3v) is 3.92. The van der Waals surface area contributed by atoms with Crippen molar-refractivity contribution in [2.24, 2.45) is 0 Å². The molecule has 4 heteroatoms. The van der Waals surface area contributed by atoms with Gasteiger partial charge in [-0.15, -0.1) is 0 Å². The Balaban J connectivity index is 2.07. The third-order valence-electron chi connectivity index (χ3n) is 3.70. The lowest BCUT2D eigenvalue weighted by Crippen LogP contribution is -2.44. The average Bonchev–Trinajstić information content (AvgIpc) is 2.45. The molecule has 1 fully saturated rings. The van der Waals surface area contributed by atoms with Crippen LogP contribution in [0.15, 0.2) is 12.1 Å². The Morgan fingerprint density at radius 1 is 1.26 bits per heavy atom. The predicted molar refractivity (Wildman–Crippen MR) is 80.4 cm³/mol. The molecule has 1 saturated heterocycles. The largest absolute Gasteiger partial charge is 0.496 e. The van der Waals surface area contributed by atoms with Gasteiger partial charge in [0.2, 0.25) is 0 Å². The molecule has 3 nitrogen and oxygen atoms in total. The highest BCUT2D eigenvalue weighted by Gasteiger charge is 2.13. The summed E-state index contributed by atoms with van der Waals surface area (Å²) in [7, 11) is 1.75. The molecule has 0 aromatic heterocycles. The van der Waals surface area contributed by atoms with Crippen molar-refractivity contribution in [1.29, 1.82) is 0 Å². The Bertz CT molecular complexity index is 417. The zero-order valence-electron chi connectivity index (χ0n) is 11.8. The van der Waals surface area contributed by atoms with Gasteiger partial charge >= 0.3 is 0 Å². The fourth-order valence-electron chi connectivity index (χ4n) is 2.64. The van der Waals surface area contributed by atoms with Crippen molar-refractivity contribution in [3.05, 3.63) is 28.3 Å². The molecule has 1 aromatic rings. The Kier molecular flexibility index (Phi) is 5.49. The second-order valence-corrected chi connectivity index (χ2v) is 5.39. The zero-order chi connectivity index (χ0) is 13.7. The van der Waals surface area contributed by atoms with Gasteiger partial charge in [-0.05, 0) is 36.1 Å². The maximum absolute atomic E-state index is 6.20. The second-order valence-electron chi connectivity index (χ2n) is 4.95. The number of nitrogens with one attached hydrogen (secondary N) is 1. The average molecular weight is 283 g/mol. The highest BCUT2D eigenvalue weighted by molar-refractivity contribution is 6.30. The van der Waals surface area contributed by atoms with E-state index in [-0.39, 0.29) is 0 Å². The van der Waals surface area contributed by atoms with Gasteiger partial charge in [0.15, 0.2) is 0 Å². The van der Waals surface area contributed by atoms with Crippen molar-refractivity contribution >= 4 is 11.6 Å². The molecule has 19 heavy (non-hydrogen) atoms. The molecule has 2 rings (SSSR count). The fraction of sp³-hybridized carbons (Fsp3) is 0.600. The van der Waals surface area contributed by atoms with Crippen LogP contribution in [0.3, 0.4) is 0 Å². The SMILES string of the molecule is CCc1cc(Cl)cc(CCN2CCNCC2)c1OC. The Morgan fingerprint density at radius 2 is 1.95 bits per heavy atom. The Morgan fingerprint density at radius 3 is 2.58 bits per heavy atom. The van der Waals surface area contributed by atoms with Crippen molar-refractivity contribution in [3.8, 4) is 5.75 Å². The molecule has 1 heterocycles. The molecule has 1 aromatic carbocycles. The molecule has 1 N–H and O–H groups in total. The smallest absolute Gasteiger partial charge is 0.125 e. The van der Waals surface area contributed by atoms with Gasteiger partial charge in [-0.2, -0.15) is 0 Å². The quantitative estimate of drug-likeness (QED) is 0.897. The molecule has 0 atom stereocenters. The summed E-state index contributed by atoms with van der Waals surface area (Å²) in [4.78, 5) is 2.49. The number of ether oxygens (including phenoxy) is 1. The van der Waals surface area contributed by atoms with E-state index in [1.54, 1.807) is 7.11 Å². The third kappa shape index (κ3) is 3.85. The van der Waals surface area contributed by atoms with Gasteiger partial charge < -0.3 is 15.0 Å². The number of hydrogen-bond acceptors (Lipinski definition) is 3. The lowest BCUT2D eigenvalue weighted by molar-refractivity contribution is 0.243. The fourth-order valence-corrected chi connectivity index (χ4v) is 2.90. The van der Waals surface area contributed by atoms with Crippen LogP contribution in [0.5, 0.6) is 5.75 Å². The molecule has 1 aliphatic heterocycles. The normalized spacial score (nSPS) is 16.6. The summed E-state index contributed by atoms with van der Waals surface area (Å²) >= 11 is 6.20. The van der Waals surface area contributed by atoms with Gasteiger partial charge in [-0.1, -0.05) is 18.5 Å². The lowest BCUT2D eigenvalue weighted by atomic mass is 10.0. The van der Waals surface area contributed by atoms with Crippen molar-refractivity contribution < 1.29 is 4.74 Å². The number of methoxy groups -OCH3 is 1. The summed E-state index contributed by atoms with van der Waals surface area (Å²) in [5, 5.41) is 4.19. The molecule has 0 aliphatic carbocycles. The number of rotatable bonds is 5. The Labute approximate surface area is 120 Å². The van der Waals surface area contributed by atoms with Gasteiger partial charge in [0, 0.05) is 37.7 Å². The van der Waals surface area contributed by atoms with E-state index >= 15 is 0 Å². The summed E-state index contributed by atoms with van der Waals surface area (Å²) in [6.07, 6.45) is 1.95. The van der Waals surface area contributed by atoms with Crippen LogP contribution in [0.4, 0.5) is 0 Å². The van der Waals surface area contributed by atoms with E-state index in [4.69, 9.17) is 16.3 Å². The van der Waals surface area contributed by atoms with Gasteiger partial charge in [-0.3, -0.25) is 0 Å². The highest BCUT2D eigenvalue weighted by atomic mass is 35.5. The molecular formula is C15H23ClN2O. The molecule has 0 radical (unpaired) electrons. The molecule has 0 unspecified atom stereocenters. The van der Waals surface area contributed by atoms with Crippen LogP contribution in [0.1, 0.15) is 18.1 Å². The van der Waals surface area contributed by atoms with Crippen molar-refractivity contribution in [2.75, 3.05) is 39.8 Å². The van der Waals surface area contributed by atoms with Crippen LogP contribution < -0.4 is 10.1 Å². The van der Waals surface area contributed by atoms with Crippen LogP contribution in [0, 0.1) is 0 Å². The number of benzene rings is 1. The van der Waals surface area contributed by atoms with E-state index in [2.05, 4.69) is 17.1 Å². The summed E-state index contributed by atoms with van der Waals surface area (Å²) in [5.74, 6) is 1.02. The predicted octanol–water partition coefficient (Wildman–Crippen LogP) is 2.36. The van der Waals surface area contributed by atoms with Gasteiger partial charge in [-0.25, -0.2) is 0 Å². The van der Waals surface area contributed by atoms with E-state index in [0.29, 0.717) is 0 Å². The van der Waals surface area contributed by atoms with Crippen LogP contribution in [0.25, 0.3) is 0 Å². The van der Waals surface area contributed by atoms with Crippen LogP contribution >= 0.6 is 11.6 Å². The zero-order valence-corrected chi connectivity index (χ0v) is 12.6. The minimum absolute atomic E-state index is 0.813. The number of piperazine rings is 1. The molecule has 0 saturated carbocycles. The maximum Gasteiger partial charge on any atom is 0.125 e. The first kappa shape index (κ1) is 14.6. The summed E-state index contributed by atoms with van der Waals surface area (Å²) in [5.41, 5.74) is 2.43. The van der Waals surface area contributed by atoms with E-state index in [0.717, 1.165) is 56.3 Å². The maximum atomic E-state index is 6.20. The highest BCUT2D eigenvalue weighted by Crippen LogP contribution is 2.29. The summed E-state index contributed by atoms with van der Waals surface area (Å²) in [6.45, 7) is 7.64. The molecule has 0 bridgehead atoms. The van der Waals surface area contributed by atoms with Crippen molar-refractivity contribution in [1.82, 2.24) is 10.2 Å². The topological polar surface area (TPSA) is 24.5 Å². The van der Waals surface area contributed by atoms with E-state index < -0.39 is 0 Å².